The molecule has 2 aromatic rings. The first-order chi connectivity index (χ1) is 9.11. The summed E-state index contributed by atoms with van der Waals surface area (Å²) >= 11 is 0. The fourth-order valence-corrected chi connectivity index (χ4v) is 1.66. The molecule has 1 amide bonds. The van der Waals surface area contributed by atoms with Crippen molar-refractivity contribution in [1.29, 1.82) is 0 Å². The summed E-state index contributed by atoms with van der Waals surface area (Å²) in [5.41, 5.74) is 2.09. The molecular weight excluding hydrogens is 244 g/mol. The van der Waals surface area contributed by atoms with E-state index in [1.807, 2.05) is 19.9 Å². The largest absolute Gasteiger partial charge is 0.385 e. The Morgan fingerprint density at radius 1 is 1.42 bits per heavy atom. The third kappa shape index (κ3) is 2.87. The molecule has 7 heteroatoms. The van der Waals surface area contributed by atoms with Gasteiger partial charge in [-0.1, -0.05) is 0 Å². The zero-order chi connectivity index (χ0) is 13.8. The smallest absolute Gasteiger partial charge is 0.261 e. The first-order valence-corrected chi connectivity index (χ1v) is 5.97. The van der Waals surface area contributed by atoms with Gasteiger partial charge in [0.1, 0.15) is 6.33 Å². The van der Waals surface area contributed by atoms with Crippen LogP contribution in [0.1, 0.15) is 23.0 Å². The van der Waals surface area contributed by atoms with E-state index < -0.39 is 0 Å². The topological polar surface area (TPSA) is 84.7 Å². The maximum atomic E-state index is 12.2. The average molecular weight is 260 g/mol. The van der Waals surface area contributed by atoms with Crippen molar-refractivity contribution in [2.75, 3.05) is 17.2 Å². The van der Waals surface area contributed by atoms with E-state index >= 15 is 0 Å². The molecule has 0 atom stereocenters. The van der Waals surface area contributed by atoms with Crippen molar-refractivity contribution in [1.82, 2.24) is 19.7 Å². The highest BCUT2D eigenvalue weighted by atomic mass is 16.1. The number of hydrogen-bond donors (Lipinski definition) is 2. The van der Waals surface area contributed by atoms with Crippen molar-refractivity contribution in [2.45, 2.75) is 13.8 Å². The van der Waals surface area contributed by atoms with Gasteiger partial charge in [-0.05, 0) is 19.9 Å². The SMILES string of the molecule is CCNc1cc(C)ncc1C(=O)Nc1ncnn1C. The summed E-state index contributed by atoms with van der Waals surface area (Å²) in [6.07, 6.45) is 2.94. The first-order valence-electron chi connectivity index (χ1n) is 5.97. The lowest BCUT2D eigenvalue weighted by molar-refractivity contribution is 0.102. The van der Waals surface area contributed by atoms with Crippen LogP contribution in [-0.4, -0.2) is 32.2 Å². The van der Waals surface area contributed by atoms with Crippen molar-refractivity contribution >= 4 is 17.5 Å². The molecule has 2 N–H and O–H groups in total. The fourth-order valence-electron chi connectivity index (χ4n) is 1.66. The standard InChI is InChI=1S/C12H16N6O/c1-4-13-10-5-8(2)14-6-9(10)11(19)17-12-15-7-16-18(12)3/h5-7H,4H2,1-3H3,(H,13,14)(H,15,16,17,19). The van der Waals surface area contributed by atoms with Crippen LogP contribution in [0.25, 0.3) is 0 Å². The predicted octanol–water partition coefficient (Wildman–Crippen LogP) is 1.20. The van der Waals surface area contributed by atoms with Gasteiger partial charge in [-0.2, -0.15) is 10.1 Å². The van der Waals surface area contributed by atoms with E-state index in [2.05, 4.69) is 25.7 Å². The molecule has 2 heterocycles. The second kappa shape index (κ2) is 5.47. The zero-order valence-corrected chi connectivity index (χ0v) is 11.1. The molecule has 0 radical (unpaired) electrons. The van der Waals surface area contributed by atoms with Gasteiger partial charge in [0.15, 0.2) is 0 Å². The highest BCUT2D eigenvalue weighted by Crippen LogP contribution is 2.16. The number of aryl methyl sites for hydroxylation is 2. The lowest BCUT2D eigenvalue weighted by Crippen LogP contribution is -2.18. The molecule has 7 nitrogen and oxygen atoms in total. The number of carbonyl (C=O) groups is 1. The maximum absolute atomic E-state index is 12.2. The number of aromatic nitrogens is 4. The summed E-state index contributed by atoms with van der Waals surface area (Å²) in [5.74, 6) is 0.132. The number of nitrogens with zero attached hydrogens (tertiary/aromatic N) is 4. The third-order valence-electron chi connectivity index (χ3n) is 2.59. The molecule has 0 unspecified atom stereocenters. The van der Waals surface area contributed by atoms with Crippen molar-refractivity contribution in [3.05, 3.63) is 29.8 Å². The number of rotatable bonds is 4. The number of carbonyl (C=O) groups excluding carboxylic acids is 1. The molecule has 2 rings (SSSR count). The van der Waals surface area contributed by atoms with Gasteiger partial charge < -0.3 is 5.32 Å². The Kier molecular flexibility index (Phi) is 3.74. The highest BCUT2D eigenvalue weighted by molar-refractivity contribution is 6.07. The second-order valence-corrected chi connectivity index (χ2v) is 4.06. The van der Waals surface area contributed by atoms with Gasteiger partial charge in [-0.25, -0.2) is 4.68 Å². The number of nitrogens with one attached hydrogen (secondary N) is 2. The minimum Gasteiger partial charge on any atom is -0.385 e. The minimum atomic E-state index is -0.264. The number of hydrogen-bond acceptors (Lipinski definition) is 5. The summed E-state index contributed by atoms with van der Waals surface area (Å²) in [7, 11) is 1.71. The van der Waals surface area contributed by atoms with E-state index in [-0.39, 0.29) is 5.91 Å². The van der Waals surface area contributed by atoms with Crippen LogP contribution in [0.3, 0.4) is 0 Å². The predicted molar refractivity (Wildman–Crippen MR) is 72.1 cm³/mol. The van der Waals surface area contributed by atoms with Crippen LogP contribution in [0.2, 0.25) is 0 Å². The van der Waals surface area contributed by atoms with Gasteiger partial charge >= 0.3 is 0 Å². The van der Waals surface area contributed by atoms with Gasteiger partial charge in [0.25, 0.3) is 5.91 Å². The number of anilines is 2. The van der Waals surface area contributed by atoms with Crippen molar-refractivity contribution in [2.24, 2.45) is 7.05 Å². The van der Waals surface area contributed by atoms with Gasteiger partial charge in [-0.3, -0.25) is 15.1 Å². The van der Waals surface area contributed by atoms with Crippen LogP contribution in [0, 0.1) is 6.92 Å². The molecule has 0 fully saturated rings. The van der Waals surface area contributed by atoms with Crippen LogP contribution in [0.15, 0.2) is 18.6 Å². The molecule has 0 aliphatic rings. The summed E-state index contributed by atoms with van der Waals surface area (Å²) < 4.78 is 1.49. The van der Waals surface area contributed by atoms with Gasteiger partial charge in [0, 0.05) is 25.5 Å². The number of amides is 1. The van der Waals surface area contributed by atoms with Crippen LogP contribution in [0.5, 0.6) is 0 Å². The van der Waals surface area contributed by atoms with Crippen molar-refractivity contribution in [3.63, 3.8) is 0 Å². The Bertz CT molecular complexity index is 592. The third-order valence-corrected chi connectivity index (χ3v) is 2.59. The zero-order valence-electron chi connectivity index (χ0n) is 11.1. The molecule has 0 aromatic carbocycles. The van der Waals surface area contributed by atoms with Crippen LogP contribution >= 0.6 is 0 Å². The molecule has 0 aliphatic carbocycles. The summed E-state index contributed by atoms with van der Waals surface area (Å²) in [6.45, 7) is 4.58. The first kappa shape index (κ1) is 13.0. The van der Waals surface area contributed by atoms with Gasteiger partial charge in [-0.15, -0.1) is 0 Å². The van der Waals surface area contributed by atoms with Crippen molar-refractivity contribution in [3.8, 4) is 0 Å². The monoisotopic (exact) mass is 260 g/mol. The molecule has 0 bridgehead atoms. The Hall–Kier alpha value is -2.44. The average Bonchev–Trinajstić information content (AvgIpc) is 2.75. The summed E-state index contributed by atoms with van der Waals surface area (Å²) in [6, 6.07) is 1.84. The van der Waals surface area contributed by atoms with E-state index in [4.69, 9.17) is 0 Å². The summed E-state index contributed by atoms with van der Waals surface area (Å²) in [4.78, 5) is 20.3. The molecule has 0 saturated heterocycles. The molecule has 0 aliphatic heterocycles. The molecule has 0 saturated carbocycles. The van der Waals surface area contributed by atoms with E-state index in [1.165, 1.54) is 11.0 Å². The van der Waals surface area contributed by atoms with Crippen LogP contribution < -0.4 is 10.6 Å². The second-order valence-electron chi connectivity index (χ2n) is 4.06. The lowest BCUT2D eigenvalue weighted by atomic mass is 10.2. The number of pyridine rings is 1. The van der Waals surface area contributed by atoms with Crippen molar-refractivity contribution < 1.29 is 4.79 Å². The fraction of sp³-hybridized carbons (Fsp3) is 0.333. The Balaban J connectivity index is 2.26. The molecule has 19 heavy (non-hydrogen) atoms. The van der Waals surface area contributed by atoms with Gasteiger partial charge in [0.2, 0.25) is 5.95 Å². The quantitative estimate of drug-likeness (QED) is 0.863. The Morgan fingerprint density at radius 2 is 2.21 bits per heavy atom. The van der Waals surface area contributed by atoms with E-state index in [0.29, 0.717) is 11.5 Å². The Morgan fingerprint density at radius 3 is 2.84 bits per heavy atom. The maximum Gasteiger partial charge on any atom is 0.261 e. The normalized spacial score (nSPS) is 10.3. The molecule has 0 spiro atoms. The lowest BCUT2D eigenvalue weighted by Gasteiger charge is -2.10. The molecular formula is C12H16N6O. The molecule has 100 valence electrons. The minimum absolute atomic E-state index is 0.264. The van der Waals surface area contributed by atoms with E-state index in [0.717, 1.165) is 17.9 Å². The summed E-state index contributed by atoms with van der Waals surface area (Å²) in [5, 5.41) is 9.74. The van der Waals surface area contributed by atoms with Crippen LogP contribution in [0.4, 0.5) is 11.6 Å². The van der Waals surface area contributed by atoms with Crippen LogP contribution in [-0.2, 0) is 7.05 Å². The van der Waals surface area contributed by atoms with Gasteiger partial charge in [0.05, 0.1) is 11.3 Å². The van der Waals surface area contributed by atoms with E-state index in [9.17, 15) is 4.79 Å². The molecule has 2 aromatic heterocycles. The Labute approximate surface area is 111 Å². The highest BCUT2D eigenvalue weighted by Gasteiger charge is 2.14. The van der Waals surface area contributed by atoms with E-state index in [1.54, 1.807) is 13.2 Å².